The number of nitrogens with zero attached hydrogens (tertiary/aromatic N) is 7. The molecule has 1 atom stereocenters. The SMILES string of the molecule is Cc1nccc(N2CCC(n3cc(N4CCN(C)C4=O)cn3)C2)n1. The molecule has 2 aliphatic heterocycles. The molecule has 0 spiro atoms. The van der Waals surface area contributed by atoms with Crippen LogP contribution in [0.25, 0.3) is 0 Å². The maximum Gasteiger partial charge on any atom is 0.324 e. The van der Waals surface area contributed by atoms with Gasteiger partial charge in [0, 0.05) is 45.6 Å². The number of amides is 2. The first-order valence-electron chi connectivity index (χ1n) is 8.23. The molecule has 2 aromatic heterocycles. The van der Waals surface area contributed by atoms with Crippen LogP contribution in [0.4, 0.5) is 16.3 Å². The van der Waals surface area contributed by atoms with E-state index in [0.29, 0.717) is 6.04 Å². The molecule has 4 heterocycles. The summed E-state index contributed by atoms with van der Waals surface area (Å²) in [5.74, 6) is 1.75. The van der Waals surface area contributed by atoms with Gasteiger partial charge in [-0.2, -0.15) is 5.10 Å². The minimum atomic E-state index is 0.0408. The molecule has 2 amide bonds. The smallest absolute Gasteiger partial charge is 0.324 e. The van der Waals surface area contributed by atoms with E-state index in [1.54, 1.807) is 22.2 Å². The number of hydrogen-bond acceptors (Lipinski definition) is 5. The van der Waals surface area contributed by atoms with Crippen molar-refractivity contribution in [2.24, 2.45) is 0 Å². The molecule has 4 rings (SSSR count). The maximum absolute atomic E-state index is 12.1. The van der Waals surface area contributed by atoms with Crippen LogP contribution in [0.2, 0.25) is 0 Å². The van der Waals surface area contributed by atoms with Gasteiger partial charge in [-0.1, -0.05) is 0 Å². The third-order valence-electron chi connectivity index (χ3n) is 4.74. The molecule has 0 radical (unpaired) electrons. The van der Waals surface area contributed by atoms with Gasteiger partial charge in [-0.3, -0.25) is 9.58 Å². The Labute approximate surface area is 140 Å². The highest BCUT2D eigenvalue weighted by Gasteiger charge is 2.30. The van der Waals surface area contributed by atoms with Crippen molar-refractivity contribution in [1.29, 1.82) is 0 Å². The summed E-state index contributed by atoms with van der Waals surface area (Å²) in [6.07, 6.45) is 6.58. The van der Waals surface area contributed by atoms with E-state index in [1.165, 1.54) is 0 Å². The van der Waals surface area contributed by atoms with Gasteiger partial charge in [0.1, 0.15) is 11.6 Å². The number of carbonyl (C=O) groups is 1. The molecule has 1 unspecified atom stereocenters. The fourth-order valence-electron chi connectivity index (χ4n) is 3.34. The van der Waals surface area contributed by atoms with E-state index in [4.69, 9.17) is 0 Å². The highest BCUT2D eigenvalue weighted by atomic mass is 16.2. The summed E-state index contributed by atoms with van der Waals surface area (Å²) in [5.41, 5.74) is 0.876. The Kier molecular flexibility index (Phi) is 3.59. The zero-order chi connectivity index (χ0) is 16.7. The molecule has 2 aromatic rings. The van der Waals surface area contributed by atoms with Gasteiger partial charge in [0.15, 0.2) is 0 Å². The Balaban J connectivity index is 1.47. The third kappa shape index (κ3) is 2.57. The summed E-state index contributed by atoms with van der Waals surface area (Å²) >= 11 is 0. The Morgan fingerprint density at radius 3 is 2.88 bits per heavy atom. The van der Waals surface area contributed by atoms with Gasteiger partial charge in [-0.15, -0.1) is 0 Å². The quantitative estimate of drug-likeness (QED) is 0.850. The average molecular weight is 327 g/mol. The molecule has 8 nitrogen and oxygen atoms in total. The number of carbonyl (C=O) groups excluding carboxylic acids is 1. The van der Waals surface area contributed by atoms with Gasteiger partial charge >= 0.3 is 6.03 Å². The zero-order valence-corrected chi connectivity index (χ0v) is 14.0. The van der Waals surface area contributed by atoms with E-state index in [2.05, 4.69) is 20.0 Å². The summed E-state index contributed by atoms with van der Waals surface area (Å²) < 4.78 is 1.98. The largest absolute Gasteiger partial charge is 0.354 e. The number of aryl methyl sites for hydroxylation is 1. The van der Waals surface area contributed by atoms with Gasteiger partial charge in [0.25, 0.3) is 0 Å². The lowest BCUT2D eigenvalue weighted by Gasteiger charge is -2.17. The Morgan fingerprint density at radius 2 is 2.12 bits per heavy atom. The van der Waals surface area contributed by atoms with Crippen LogP contribution in [-0.4, -0.2) is 63.9 Å². The summed E-state index contributed by atoms with van der Waals surface area (Å²) in [4.78, 5) is 26.5. The second kappa shape index (κ2) is 5.77. The standard InChI is InChI=1S/C16H21N7O/c1-12-17-5-3-15(19-12)21-6-4-13(10-21)23-11-14(9-18-23)22-8-7-20(2)16(22)24/h3,5,9,11,13H,4,6-8,10H2,1-2H3. The van der Waals surface area contributed by atoms with Crippen LogP contribution < -0.4 is 9.80 Å². The van der Waals surface area contributed by atoms with E-state index >= 15 is 0 Å². The van der Waals surface area contributed by atoms with Crippen LogP contribution in [0.3, 0.4) is 0 Å². The molecule has 0 N–H and O–H groups in total. The molecular weight excluding hydrogens is 306 g/mol. The molecule has 0 aliphatic carbocycles. The van der Waals surface area contributed by atoms with Crippen molar-refractivity contribution in [3.05, 3.63) is 30.5 Å². The van der Waals surface area contributed by atoms with Crippen molar-refractivity contribution in [2.75, 3.05) is 43.0 Å². The first kappa shape index (κ1) is 14.9. The van der Waals surface area contributed by atoms with Crippen LogP contribution in [0.15, 0.2) is 24.7 Å². The zero-order valence-electron chi connectivity index (χ0n) is 14.0. The van der Waals surface area contributed by atoms with Crippen molar-refractivity contribution >= 4 is 17.5 Å². The lowest BCUT2D eigenvalue weighted by molar-refractivity contribution is 0.229. The summed E-state index contributed by atoms with van der Waals surface area (Å²) in [6, 6.07) is 2.28. The van der Waals surface area contributed by atoms with E-state index in [-0.39, 0.29) is 6.03 Å². The van der Waals surface area contributed by atoms with Crippen molar-refractivity contribution in [1.82, 2.24) is 24.6 Å². The van der Waals surface area contributed by atoms with E-state index in [9.17, 15) is 4.79 Å². The van der Waals surface area contributed by atoms with Gasteiger partial charge < -0.3 is 9.80 Å². The van der Waals surface area contributed by atoms with Crippen molar-refractivity contribution < 1.29 is 4.79 Å². The molecule has 0 bridgehead atoms. The molecular formula is C16H21N7O. The van der Waals surface area contributed by atoms with Crippen molar-refractivity contribution in [3.8, 4) is 0 Å². The lowest BCUT2D eigenvalue weighted by atomic mass is 10.3. The van der Waals surface area contributed by atoms with Crippen molar-refractivity contribution in [2.45, 2.75) is 19.4 Å². The summed E-state index contributed by atoms with van der Waals surface area (Å²) in [7, 11) is 1.82. The fraction of sp³-hybridized carbons (Fsp3) is 0.500. The highest BCUT2D eigenvalue weighted by Crippen LogP contribution is 2.27. The second-order valence-corrected chi connectivity index (χ2v) is 6.38. The fourth-order valence-corrected chi connectivity index (χ4v) is 3.34. The number of likely N-dealkylation sites (N-methyl/N-ethyl adjacent to an activating group) is 1. The average Bonchev–Trinajstić information content (AvgIpc) is 3.29. The van der Waals surface area contributed by atoms with Crippen LogP contribution in [0.5, 0.6) is 0 Å². The van der Waals surface area contributed by atoms with Gasteiger partial charge in [0.05, 0.1) is 17.9 Å². The number of hydrogen-bond donors (Lipinski definition) is 0. The number of urea groups is 1. The van der Waals surface area contributed by atoms with Crippen LogP contribution >= 0.6 is 0 Å². The first-order valence-corrected chi connectivity index (χ1v) is 8.23. The molecule has 0 aromatic carbocycles. The van der Waals surface area contributed by atoms with E-state index < -0.39 is 0 Å². The number of rotatable bonds is 3. The Bertz CT molecular complexity index is 758. The molecule has 24 heavy (non-hydrogen) atoms. The van der Waals surface area contributed by atoms with E-state index in [1.807, 2.05) is 30.9 Å². The van der Waals surface area contributed by atoms with Crippen LogP contribution in [0.1, 0.15) is 18.3 Å². The molecule has 0 saturated carbocycles. The van der Waals surface area contributed by atoms with Gasteiger partial charge in [-0.05, 0) is 19.4 Å². The normalized spacial score (nSPS) is 21.2. The first-order chi connectivity index (χ1) is 11.6. The topological polar surface area (TPSA) is 70.4 Å². The summed E-state index contributed by atoms with van der Waals surface area (Å²) in [5, 5.41) is 4.49. The van der Waals surface area contributed by atoms with Gasteiger partial charge in [0.2, 0.25) is 0 Å². The molecule has 126 valence electrons. The molecule has 2 saturated heterocycles. The predicted octanol–water partition coefficient (Wildman–Crippen LogP) is 1.30. The molecule has 2 aliphatic rings. The lowest BCUT2D eigenvalue weighted by Crippen LogP contribution is -2.28. The van der Waals surface area contributed by atoms with Crippen LogP contribution in [-0.2, 0) is 0 Å². The monoisotopic (exact) mass is 327 g/mol. The van der Waals surface area contributed by atoms with Crippen molar-refractivity contribution in [3.63, 3.8) is 0 Å². The second-order valence-electron chi connectivity index (χ2n) is 6.38. The van der Waals surface area contributed by atoms with Gasteiger partial charge in [-0.25, -0.2) is 14.8 Å². The third-order valence-corrected chi connectivity index (χ3v) is 4.74. The summed E-state index contributed by atoms with van der Waals surface area (Å²) in [6.45, 7) is 5.19. The maximum atomic E-state index is 12.1. The minimum Gasteiger partial charge on any atom is -0.354 e. The minimum absolute atomic E-state index is 0.0408. The Morgan fingerprint density at radius 1 is 1.25 bits per heavy atom. The predicted molar refractivity (Wildman–Crippen MR) is 90.2 cm³/mol. The molecule has 8 heteroatoms. The van der Waals surface area contributed by atoms with Crippen LogP contribution in [0, 0.1) is 6.92 Å². The Hall–Kier alpha value is -2.64. The highest BCUT2D eigenvalue weighted by molar-refractivity contribution is 5.93. The molecule has 2 fully saturated rings. The number of anilines is 2. The van der Waals surface area contributed by atoms with E-state index in [0.717, 1.165) is 49.9 Å². The number of aromatic nitrogens is 4.